The second kappa shape index (κ2) is 6.96. The number of carbonyl (C=O) groups excluding carboxylic acids is 1. The van der Waals surface area contributed by atoms with E-state index in [1.165, 1.54) is 0 Å². The van der Waals surface area contributed by atoms with E-state index < -0.39 is 0 Å². The van der Waals surface area contributed by atoms with Crippen LogP contribution >= 0.6 is 0 Å². The van der Waals surface area contributed by atoms with Crippen molar-refractivity contribution in [3.8, 4) is 0 Å². The maximum atomic E-state index is 12.3. The molecule has 0 spiro atoms. The summed E-state index contributed by atoms with van der Waals surface area (Å²) in [5, 5.41) is 10.3. The highest BCUT2D eigenvalue weighted by atomic mass is 16.2. The van der Waals surface area contributed by atoms with Crippen LogP contribution in [0.25, 0.3) is 11.0 Å². The molecular weight excluding hydrogens is 316 g/mol. The Morgan fingerprint density at radius 1 is 1.28 bits per heavy atom. The summed E-state index contributed by atoms with van der Waals surface area (Å²) in [5.41, 5.74) is 5.04. The van der Waals surface area contributed by atoms with E-state index in [1.54, 1.807) is 4.68 Å². The lowest BCUT2D eigenvalue weighted by atomic mass is 10.1. The van der Waals surface area contributed by atoms with Crippen LogP contribution in [0.1, 0.15) is 36.5 Å². The van der Waals surface area contributed by atoms with E-state index >= 15 is 0 Å². The average molecular weight is 340 g/mol. The van der Waals surface area contributed by atoms with Gasteiger partial charge in [0.25, 0.3) is 0 Å². The minimum atomic E-state index is -0.235. The number of urea groups is 1. The topological polar surface area (TPSA) is 87.6 Å². The Morgan fingerprint density at radius 3 is 2.80 bits per heavy atom. The summed E-state index contributed by atoms with van der Waals surface area (Å²) in [6.07, 6.45) is 1.69. The Balaban J connectivity index is 1.67. The highest BCUT2D eigenvalue weighted by Gasteiger charge is 2.15. The van der Waals surface area contributed by atoms with Crippen molar-refractivity contribution in [3.63, 3.8) is 0 Å². The Morgan fingerprint density at radius 2 is 2.08 bits per heavy atom. The minimum absolute atomic E-state index is 0.235. The lowest BCUT2D eigenvalue weighted by Crippen LogP contribution is -2.29. The number of rotatable bonds is 5. The zero-order chi connectivity index (χ0) is 18.0. The molecule has 7 nitrogen and oxygen atoms in total. The first-order valence-electron chi connectivity index (χ1n) is 8.56. The van der Waals surface area contributed by atoms with Gasteiger partial charge in [-0.15, -0.1) is 0 Å². The van der Waals surface area contributed by atoms with Crippen LogP contribution in [0.5, 0.6) is 0 Å². The lowest BCUT2D eigenvalue weighted by Gasteiger charge is -2.10. The van der Waals surface area contributed by atoms with Crippen molar-refractivity contribution in [2.75, 3.05) is 5.32 Å². The molecule has 1 aromatic carbocycles. The van der Waals surface area contributed by atoms with Crippen molar-refractivity contribution in [2.45, 2.75) is 40.2 Å². The molecule has 0 unspecified atom stereocenters. The fourth-order valence-electron chi connectivity index (χ4n) is 3.06. The summed E-state index contributed by atoms with van der Waals surface area (Å²) in [4.78, 5) is 19.9. The van der Waals surface area contributed by atoms with Gasteiger partial charge >= 0.3 is 6.03 Å². The number of hydrogen-bond donors (Lipinski definition) is 3. The molecule has 2 amide bonds. The van der Waals surface area contributed by atoms with Crippen molar-refractivity contribution in [1.29, 1.82) is 0 Å². The van der Waals surface area contributed by atoms with Crippen LogP contribution in [-0.2, 0) is 26.4 Å². The van der Waals surface area contributed by atoms with Crippen LogP contribution in [0.3, 0.4) is 0 Å². The predicted molar refractivity (Wildman–Crippen MR) is 98.7 cm³/mol. The Kier molecular flexibility index (Phi) is 4.74. The Bertz CT molecular complexity index is 908. The highest BCUT2D eigenvalue weighted by molar-refractivity contribution is 5.89. The number of anilines is 1. The first-order valence-corrected chi connectivity index (χ1v) is 8.56. The molecule has 3 rings (SSSR count). The van der Waals surface area contributed by atoms with Gasteiger partial charge in [-0.25, -0.2) is 9.78 Å². The van der Waals surface area contributed by atoms with Crippen molar-refractivity contribution in [3.05, 3.63) is 40.8 Å². The van der Waals surface area contributed by atoms with Crippen LogP contribution < -0.4 is 10.6 Å². The number of imidazole rings is 1. The molecule has 0 bridgehead atoms. The van der Waals surface area contributed by atoms with E-state index in [4.69, 9.17) is 0 Å². The maximum Gasteiger partial charge on any atom is 0.320 e. The molecule has 3 aromatic rings. The third-order valence-corrected chi connectivity index (χ3v) is 4.27. The standard InChI is InChI=1S/C18H24N6O/c1-5-13-14(6-2)23-24(4)17(13)22-18(25)19-10-12-7-8-15-16(9-12)21-11(3)20-15/h7-9H,5-6,10H2,1-4H3,(H,20,21)(H2,19,22,25). The summed E-state index contributed by atoms with van der Waals surface area (Å²) in [7, 11) is 1.85. The smallest absolute Gasteiger partial charge is 0.320 e. The minimum Gasteiger partial charge on any atom is -0.342 e. The number of H-pyrrole nitrogens is 1. The summed E-state index contributed by atoms with van der Waals surface area (Å²) >= 11 is 0. The number of aryl methyl sites for hydroxylation is 3. The normalized spacial score (nSPS) is 11.0. The molecule has 132 valence electrons. The fraction of sp³-hybridized carbons (Fsp3) is 0.389. The summed E-state index contributed by atoms with van der Waals surface area (Å²) in [6.45, 7) is 6.51. The van der Waals surface area contributed by atoms with Crippen molar-refractivity contribution in [1.82, 2.24) is 25.1 Å². The molecule has 0 aliphatic carbocycles. The van der Waals surface area contributed by atoms with E-state index in [0.717, 1.165) is 52.3 Å². The number of nitrogens with one attached hydrogen (secondary N) is 3. The average Bonchev–Trinajstić information content (AvgIpc) is 3.11. The van der Waals surface area contributed by atoms with Crippen LogP contribution in [0.15, 0.2) is 18.2 Å². The van der Waals surface area contributed by atoms with Crippen LogP contribution in [0.4, 0.5) is 10.6 Å². The molecule has 0 atom stereocenters. The summed E-state index contributed by atoms with van der Waals surface area (Å²) < 4.78 is 1.73. The number of amides is 2. The fourth-order valence-corrected chi connectivity index (χ4v) is 3.06. The van der Waals surface area contributed by atoms with Crippen LogP contribution in [0.2, 0.25) is 0 Å². The first kappa shape index (κ1) is 17.0. The third kappa shape index (κ3) is 3.50. The zero-order valence-corrected chi connectivity index (χ0v) is 15.1. The third-order valence-electron chi connectivity index (χ3n) is 4.27. The van der Waals surface area contributed by atoms with E-state index in [-0.39, 0.29) is 6.03 Å². The van der Waals surface area contributed by atoms with Crippen molar-refractivity contribution >= 4 is 22.9 Å². The van der Waals surface area contributed by atoms with Gasteiger partial charge in [0, 0.05) is 19.2 Å². The van der Waals surface area contributed by atoms with Gasteiger partial charge in [-0.3, -0.25) is 10.00 Å². The van der Waals surface area contributed by atoms with E-state index in [9.17, 15) is 4.79 Å². The molecule has 0 saturated heterocycles. The molecule has 0 saturated carbocycles. The van der Waals surface area contributed by atoms with E-state index in [2.05, 4.69) is 39.5 Å². The van der Waals surface area contributed by atoms with Gasteiger partial charge in [0.05, 0.1) is 16.7 Å². The van der Waals surface area contributed by atoms with Gasteiger partial charge in [0.15, 0.2) is 0 Å². The first-order chi connectivity index (χ1) is 12.0. The number of aromatic nitrogens is 4. The molecule has 0 fully saturated rings. The lowest BCUT2D eigenvalue weighted by molar-refractivity contribution is 0.251. The van der Waals surface area contributed by atoms with Gasteiger partial charge in [-0.1, -0.05) is 19.9 Å². The van der Waals surface area contributed by atoms with Crippen LogP contribution in [-0.4, -0.2) is 25.8 Å². The SMILES string of the molecule is CCc1nn(C)c(NC(=O)NCc2ccc3nc(C)[nH]c3c2)c1CC. The number of carbonyl (C=O) groups is 1. The number of fused-ring (bicyclic) bond motifs is 1. The second-order valence-corrected chi connectivity index (χ2v) is 6.09. The van der Waals surface area contributed by atoms with Gasteiger partial charge in [-0.2, -0.15) is 5.10 Å². The zero-order valence-electron chi connectivity index (χ0n) is 15.1. The molecule has 2 heterocycles. The molecule has 7 heteroatoms. The molecule has 3 N–H and O–H groups in total. The number of aromatic amines is 1. The Hall–Kier alpha value is -2.83. The van der Waals surface area contributed by atoms with Gasteiger partial charge in [0.1, 0.15) is 11.6 Å². The van der Waals surface area contributed by atoms with Crippen molar-refractivity contribution < 1.29 is 4.79 Å². The monoisotopic (exact) mass is 340 g/mol. The highest BCUT2D eigenvalue weighted by Crippen LogP contribution is 2.20. The summed E-state index contributed by atoms with van der Waals surface area (Å²) in [6, 6.07) is 5.70. The predicted octanol–water partition coefficient (Wildman–Crippen LogP) is 3.05. The number of nitrogens with zero attached hydrogens (tertiary/aromatic N) is 3. The number of benzene rings is 1. The van der Waals surface area contributed by atoms with Crippen LogP contribution in [0, 0.1) is 6.92 Å². The number of hydrogen-bond acceptors (Lipinski definition) is 3. The molecule has 0 aliphatic heterocycles. The van der Waals surface area contributed by atoms with Crippen molar-refractivity contribution in [2.24, 2.45) is 7.05 Å². The van der Waals surface area contributed by atoms with E-state index in [0.29, 0.717) is 6.54 Å². The maximum absolute atomic E-state index is 12.3. The summed E-state index contributed by atoms with van der Waals surface area (Å²) in [5.74, 6) is 1.64. The Labute approximate surface area is 146 Å². The van der Waals surface area contributed by atoms with Gasteiger partial charge in [-0.05, 0) is 37.5 Å². The largest absolute Gasteiger partial charge is 0.342 e. The quantitative estimate of drug-likeness (QED) is 0.667. The van der Waals surface area contributed by atoms with E-state index in [1.807, 2.05) is 32.2 Å². The molecular formula is C18H24N6O. The second-order valence-electron chi connectivity index (χ2n) is 6.09. The molecule has 0 aliphatic rings. The van der Waals surface area contributed by atoms with Gasteiger partial charge in [0.2, 0.25) is 0 Å². The van der Waals surface area contributed by atoms with Gasteiger partial charge < -0.3 is 10.3 Å². The molecule has 0 radical (unpaired) electrons. The molecule has 2 aromatic heterocycles. The molecule has 25 heavy (non-hydrogen) atoms.